The number of nitrogens with zero attached hydrogens (tertiary/aromatic N) is 4. The van der Waals surface area contributed by atoms with Crippen molar-refractivity contribution in [3.63, 3.8) is 0 Å². The highest BCUT2D eigenvalue weighted by Gasteiger charge is 2.27. The first-order valence-corrected chi connectivity index (χ1v) is 11.8. The molecule has 5 rings (SSSR count). The van der Waals surface area contributed by atoms with Gasteiger partial charge in [0.05, 0.1) is 16.6 Å². The summed E-state index contributed by atoms with van der Waals surface area (Å²) in [5, 5.41) is 11.1. The van der Waals surface area contributed by atoms with Crippen LogP contribution in [-0.4, -0.2) is 32.0 Å². The second kappa shape index (κ2) is 7.21. The van der Waals surface area contributed by atoms with Crippen LogP contribution < -0.4 is 0 Å². The first-order chi connectivity index (χ1) is 14.5. The van der Waals surface area contributed by atoms with Gasteiger partial charge in [0.25, 0.3) is 10.0 Å². The van der Waals surface area contributed by atoms with Gasteiger partial charge in [0, 0.05) is 17.6 Å². The van der Waals surface area contributed by atoms with E-state index in [2.05, 4.69) is 14.5 Å². The third kappa shape index (κ3) is 2.94. The van der Waals surface area contributed by atoms with Gasteiger partial charge in [-0.2, -0.15) is 0 Å². The number of imidazole rings is 1. The predicted octanol–water partition coefficient (Wildman–Crippen LogP) is 4.18. The van der Waals surface area contributed by atoms with Crippen molar-refractivity contribution in [1.82, 2.24) is 18.5 Å². The second-order valence-electron chi connectivity index (χ2n) is 7.97. The van der Waals surface area contributed by atoms with Gasteiger partial charge in [-0.15, -0.1) is 0 Å². The molecule has 3 heterocycles. The van der Waals surface area contributed by atoms with E-state index in [0.29, 0.717) is 17.0 Å². The fraction of sp³-hybridized carbons (Fsp3) is 0.364. The largest absolute Gasteiger partial charge is 0.385 e. The molecule has 30 heavy (non-hydrogen) atoms. The van der Waals surface area contributed by atoms with Gasteiger partial charge in [-0.3, -0.25) is 0 Å². The van der Waals surface area contributed by atoms with E-state index in [1.165, 1.54) is 10.4 Å². The van der Waals surface area contributed by atoms with Gasteiger partial charge >= 0.3 is 0 Å². The van der Waals surface area contributed by atoms with Crippen LogP contribution in [0.1, 0.15) is 57.0 Å². The zero-order valence-electron chi connectivity index (χ0n) is 16.8. The Morgan fingerprint density at radius 2 is 1.83 bits per heavy atom. The summed E-state index contributed by atoms with van der Waals surface area (Å²) in [5.74, 6) is 0.616. The number of aromatic nitrogens is 4. The highest BCUT2D eigenvalue weighted by Crippen LogP contribution is 2.37. The van der Waals surface area contributed by atoms with Gasteiger partial charge in [0.15, 0.2) is 5.65 Å². The van der Waals surface area contributed by atoms with Crippen molar-refractivity contribution in [1.29, 1.82) is 0 Å². The van der Waals surface area contributed by atoms with E-state index in [9.17, 15) is 13.5 Å². The molecular weight excluding hydrogens is 400 g/mol. The Morgan fingerprint density at radius 3 is 2.53 bits per heavy atom. The second-order valence-corrected chi connectivity index (χ2v) is 9.78. The number of rotatable bonds is 4. The Labute approximate surface area is 175 Å². The van der Waals surface area contributed by atoms with E-state index in [1.807, 2.05) is 0 Å². The molecule has 8 heteroatoms. The lowest BCUT2D eigenvalue weighted by Crippen LogP contribution is -2.17. The standard InChI is InChI=1S/C22H24N4O3S/c1-15(27)21-24-19-14-23-22-18(20(19)26(21)16-8-4-2-5-9-16)12-13-25(22)30(28,29)17-10-6-3-7-11-17/h3,6-7,10-16,27H,2,4-5,8-9H2,1H3/t15-/m1/s1. The van der Waals surface area contributed by atoms with Gasteiger partial charge in [-0.25, -0.2) is 22.4 Å². The zero-order valence-corrected chi connectivity index (χ0v) is 17.6. The molecule has 1 fully saturated rings. The van der Waals surface area contributed by atoms with E-state index in [0.717, 1.165) is 36.6 Å². The Balaban J connectivity index is 1.77. The maximum atomic E-state index is 13.2. The van der Waals surface area contributed by atoms with Crippen LogP contribution in [0, 0.1) is 0 Å². The minimum absolute atomic E-state index is 0.217. The molecule has 156 valence electrons. The molecule has 0 spiro atoms. The van der Waals surface area contributed by atoms with Crippen molar-refractivity contribution >= 4 is 32.1 Å². The number of aliphatic hydroxyl groups excluding tert-OH is 1. The molecular formula is C22H24N4O3S. The van der Waals surface area contributed by atoms with Crippen LogP contribution in [0.2, 0.25) is 0 Å². The summed E-state index contributed by atoms with van der Waals surface area (Å²) in [7, 11) is -3.76. The number of pyridine rings is 1. The van der Waals surface area contributed by atoms with Crippen molar-refractivity contribution < 1.29 is 13.5 Å². The SMILES string of the molecule is C[C@@H](O)c1nc2cnc3c(ccn3S(=O)(=O)c3ccccc3)c2n1C1CCCCC1. The van der Waals surface area contributed by atoms with Crippen molar-refractivity contribution in [3.8, 4) is 0 Å². The molecule has 0 radical (unpaired) electrons. The van der Waals surface area contributed by atoms with E-state index in [4.69, 9.17) is 0 Å². The Kier molecular flexibility index (Phi) is 4.63. The molecule has 1 aliphatic rings. The van der Waals surface area contributed by atoms with Crippen LogP contribution in [-0.2, 0) is 10.0 Å². The number of fused-ring (bicyclic) bond motifs is 3. The maximum Gasteiger partial charge on any atom is 0.269 e. The normalized spacial score (nSPS) is 17.0. The molecule has 0 unspecified atom stereocenters. The van der Waals surface area contributed by atoms with E-state index in [1.54, 1.807) is 55.7 Å². The third-order valence-corrected chi connectivity index (χ3v) is 7.65. The molecule has 0 saturated heterocycles. The quantitative estimate of drug-likeness (QED) is 0.531. The molecule has 0 bridgehead atoms. The maximum absolute atomic E-state index is 13.2. The van der Waals surface area contributed by atoms with Gasteiger partial charge < -0.3 is 9.67 Å². The van der Waals surface area contributed by atoms with Gasteiger partial charge in [0.1, 0.15) is 17.4 Å². The minimum Gasteiger partial charge on any atom is -0.385 e. The molecule has 1 aromatic carbocycles. The number of hydrogen-bond acceptors (Lipinski definition) is 5. The Morgan fingerprint density at radius 1 is 1.10 bits per heavy atom. The summed E-state index contributed by atoms with van der Waals surface area (Å²) in [6.45, 7) is 1.72. The molecule has 0 aliphatic heterocycles. The number of hydrogen-bond donors (Lipinski definition) is 1. The Hall–Kier alpha value is -2.71. The summed E-state index contributed by atoms with van der Waals surface area (Å²) in [6.07, 6.45) is 8.00. The average Bonchev–Trinajstić information content (AvgIpc) is 3.37. The molecule has 7 nitrogen and oxygen atoms in total. The highest BCUT2D eigenvalue weighted by atomic mass is 32.2. The molecule has 1 N–H and O–H groups in total. The Bertz CT molecular complexity index is 1320. The first-order valence-electron chi connectivity index (χ1n) is 10.3. The van der Waals surface area contributed by atoms with Crippen LogP contribution in [0.15, 0.2) is 53.7 Å². The first kappa shape index (κ1) is 19.3. The van der Waals surface area contributed by atoms with Crippen LogP contribution in [0.5, 0.6) is 0 Å². The number of aliphatic hydroxyl groups is 1. The third-order valence-electron chi connectivity index (χ3n) is 5.97. The molecule has 1 aliphatic carbocycles. The van der Waals surface area contributed by atoms with Crippen LogP contribution >= 0.6 is 0 Å². The smallest absolute Gasteiger partial charge is 0.269 e. The minimum atomic E-state index is -3.76. The van der Waals surface area contributed by atoms with E-state index >= 15 is 0 Å². The fourth-order valence-corrected chi connectivity index (χ4v) is 5.89. The van der Waals surface area contributed by atoms with Crippen LogP contribution in [0.4, 0.5) is 0 Å². The summed E-state index contributed by atoms with van der Waals surface area (Å²) in [6, 6.07) is 10.4. The highest BCUT2D eigenvalue weighted by molar-refractivity contribution is 7.90. The van der Waals surface area contributed by atoms with E-state index < -0.39 is 16.1 Å². The lowest BCUT2D eigenvalue weighted by molar-refractivity contribution is 0.178. The summed E-state index contributed by atoms with van der Waals surface area (Å²) in [4.78, 5) is 9.32. The van der Waals surface area contributed by atoms with Gasteiger partial charge in [0.2, 0.25) is 0 Å². The topological polar surface area (TPSA) is 90.0 Å². The van der Waals surface area contributed by atoms with Crippen molar-refractivity contribution in [2.75, 3.05) is 0 Å². The molecule has 3 aromatic heterocycles. The summed E-state index contributed by atoms with van der Waals surface area (Å²) in [5.41, 5.74) is 1.91. The van der Waals surface area contributed by atoms with Crippen LogP contribution in [0.25, 0.3) is 22.1 Å². The molecule has 1 atom stereocenters. The summed E-state index contributed by atoms with van der Waals surface area (Å²) < 4.78 is 29.8. The van der Waals surface area contributed by atoms with E-state index in [-0.39, 0.29) is 10.9 Å². The fourth-order valence-electron chi connectivity index (χ4n) is 4.57. The molecule has 4 aromatic rings. The van der Waals surface area contributed by atoms with Crippen molar-refractivity contribution in [3.05, 3.63) is 54.6 Å². The van der Waals surface area contributed by atoms with Gasteiger partial charge in [-0.1, -0.05) is 37.5 Å². The molecule has 1 saturated carbocycles. The predicted molar refractivity (Wildman–Crippen MR) is 115 cm³/mol. The lowest BCUT2D eigenvalue weighted by Gasteiger charge is -2.26. The van der Waals surface area contributed by atoms with Crippen molar-refractivity contribution in [2.45, 2.75) is 56.1 Å². The van der Waals surface area contributed by atoms with Crippen molar-refractivity contribution in [2.24, 2.45) is 0 Å². The summed E-state index contributed by atoms with van der Waals surface area (Å²) >= 11 is 0. The van der Waals surface area contributed by atoms with Gasteiger partial charge in [-0.05, 0) is 38.0 Å². The number of benzene rings is 1. The zero-order chi connectivity index (χ0) is 20.9. The molecule has 0 amide bonds. The lowest BCUT2D eigenvalue weighted by atomic mass is 9.95. The van der Waals surface area contributed by atoms with Crippen LogP contribution in [0.3, 0.4) is 0 Å². The monoisotopic (exact) mass is 424 g/mol. The average molecular weight is 425 g/mol.